The Balaban J connectivity index is 1.51. The van der Waals surface area contributed by atoms with Crippen molar-refractivity contribution in [1.82, 2.24) is 24.7 Å². The molecular weight excluding hydrogens is 418 g/mol. The van der Waals surface area contributed by atoms with Crippen LogP contribution >= 0.6 is 0 Å². The number of benzene rings is 2. The minimum absolute atomic E-state index is 0.269. The first-order valence-electron chi connectivity index (χ1n) is 10.0. The molecule has 5 rings (SSSR count). The Bertz CT molecular complexity index is 1470. The Hall–Kier alpha value is -4.99. The van der Waals surface area contributed by atoms with Gasteiger partial charge in [-0.2, -0.15) is 0 Å². The number of nitrogens with one attached hydrogen (secondary N) is 4. The number of anilines is 4. The number of pyridine rings is 1. The molecule has 0 fully saturated rings. The maximum Gasteiger partial charge on any atom is 0.276 e. The maximum absolute atomic E-state index is 12.3. The maximum atomic E-state index is 12.3. The first-order chi connectivity index (χ1) is 16.1. The molecule has 10 nitrogen and oxygen atoms in total. The Labute approximate surface area is 188 Å². The van der Waals surface area contributed by atoms with Gasteiger partial charge in [0.25, 0.3) is 5.91 Å². The second-order valence-electron chi connectivity index (χ2n) is 7.18. The lowest BCUT2D eigenvalue weighted by Gasteiger charge is -2.07. The summed E-state index contributed by atoms with van der Waals surface area (Å²) in [6.07, 6.45) is 4.17. The third-order valence-electron chi connectivity index (χ3n) is 5.02. The van der Waals surface area contributed by atoms with Crippen LogP contribution in [-0.2, 0) is 0 Å². The van der Waals surface area contributed by atoms with Gasteiger partial charge < -0.3 is 26.8 Å². The summed E-state index contributed by atoms with van der Waals surface area (Å²) >= 11 is 0. The lowest BCUT2D eigenvalue weighted by atomic mass is 10.1. The van der Waals surface area contributed by atoms with Crippen LogP contribution in [0.4, 0.5) is 23.0 Å². The highest BCUT2D eigenvalue weighted by Gasteiger charge is 2.14. The van der Waals surface area contributed by atoms with Gasteiger partial charge in [0, 0.05) is 34.7 Å². The first-order valence-corrected chi connectivity index (χ1v) is 10.0. The second kappa shape index (κ2) is 8.27. The molecule has 2 aromatic carbocycles. The quantitative estimate of drug-likeness (QED) is 0.202. The van der Waals surface area contributed by atoms with E-state index >= 15 is 0 Å². The zero-order valence-electron chi connectivity index (χ0n) is 17.3. The molecule has 162 valence electrons. The van der Waals surface area contributed by atoms with Gasteiger partial charge in [0.15, 0.2) is 11.6 Å². The summed E-state index contributed by atoms with van der Waals surface area (Å²) in [5, 5.41) is 19.2. The first kappa shape index (κ1) is 19.9. The van der Waals surface area contributed by atoms with Gasteiger partial charge in [-0.15, -0.1) is 5.10 Å². The Morgan fingerprint density at radius 1 is 1.12 bits per heavy atom. The number of carbonyl (C=O) groups excluding carboxylic acids is 1. The van der Waals surface area contributed by atoms with Gasteiger partial charge in [-0.3, -0.25) is 4.79 Å². The van der Waals surface area contributed by atoms with Crippen LogP contribution < -0.4 is 16.4 Å². The van der Waals surface area contributed by atoms with Crippen molar-refractivity contribution in [3.05, 3.63) is 84.4 Å². The van der Waals surface area contributed by atoms with Gasteiger partial charge in [0.2, 0.25) is 0 Å². The van der Waals surface area contributed by atoms with E-state index in [1.54, 1.807) is 28.9 Å². The van der Waals surface area contributed by atoms with E-state index in [2.05, 4.69) is 25.6 Å². The van der Waals surface area contributed by atoms with Crippen LogP contribution in [0.5, 0.6) is 0 Å². The average molecular weight is 437 g/mol. The number of nitrogens with zero attached hydrogens (tertiary/aromatic N) is 4. The summed E-state index contributed by atoms with van der Waals surface area (Å²) in [6, 6.07) is 18.4. The minimum Gasteiger partial charge on any atom is -0.398 e. The third kappa shape index (κ3) is 3.88. The monoisotopic (exact) mass is 437 g/mol. The molecule has 0 aliphatic heterocycles. The van der Waals surface area contributed by atoms with E-state index in [-0.39, 0.29) is 11.6 Å². The molecule has 0 unspecified atom stereocenters. The van der Waals surface area contributed by atoms with Gasteiger partial charge >= 0.3 is 0 Å². The highest BCUT2D eigenvalue weighted by Crippen LogP contribution is 2.29. The van der Waals surface area contributed by atoms with Gasteiger partial charge in [0.1, 0.15) is 11.5 Å². The fourth-order valence-corrected chi connectivity index (χ4v) is 3.42. The molecule has 1 amide bonds. The molecule has 3 heterocycles. The van der Waals surface area contributed by atoms with Crippen molar-refractivity contribution in [2.24, 2.45) is 0 Å². The zero-order valence-corrected chi connectivity index (χ0v) is 17.3. The number of para-hydroxylation sites is 1. The van der Waals surface area contributed by atoms with Crippen LogP contribution in [0, 0.1) is 5.41 Å². The van der Waals surface area contributed by atoms with Crippen molar-refractivity contribution >= 4 is 46.0 Å². The number of H-pyrrole nitrogens is 1. The number of amides is 1. The van der Waals surface area contributed by atoms with E-state index in [0.717, 1.165) is 16.6 Å². The lowest BCUT2D eigenvalue weighted by Crippen LogP contribution is -2.14. The molecule has 0 atom stereocenters. The van der Waals surface area contributed by atoms with Gasteiger partial charge in [-0.1, -0.05) is 18.2 Å². The van der Waals surface area contributed by atoms with Crippen LogP contribution in [0.2, 0.25) is 0 Å². The summed E-state index contributed by atoms with van der Waals surface area (Å²) < 4.78 is 1.71. The summed E-state index contributed by atoms with van der Waals surface area (Å²) in [5.74, 6) is 1.18. The molecule has 10 heteroatoms. The summed E-state index contributed by atoms with van der Waals surface area (Å²) in [5.41, 5.74) is 8.91. The highest BCUT2D eigenvalue weighted by atomic mass is 16.2. The number of aromatic nitrogens is 5. The fourth-order valence-electron chi connectivity index (χ4n) is 3.42. The van der Waals surface area contributed by atoms with Crippen molar-refractivity contribution in [2.45, 2.75) is 0 Å². The minimum atomic E-state index is -0.362. The summed E-state index contributed by atoms with van der Waals surface area (Å²) in [4.78, 5) is 23.6. The fraction of sp³-hybridized carbons (Fsp3) is 0. The molecular formula is C23H19N9O. The molecule has 0 bridgehead atoms. The standard InChI is InChI=1S/C23H19N9O/c24-11-14-10-15(8-9-17(14)25)28-22-16-4-1-2-5-19(16)32(31-22)21-7-3-6-20(29-21)30-23(33)18-12-26-13-27-18/h1-13,24H,25H2,(H,26,27)(H,28,31)(H,29,30,33). The SMILES string of the molecule is N=Cc1cc(Nc2nn(-c3cccc(NC(=O)c4c[nH]cn4)n3)c3ccccc23)ccc1N. The Kier molecular flexibility index (Phi) is 5.00. The normalized spacial score (nSPS) is 10.8. The van der Waals surface area contributed by atoms with E-state index in [1.807, 2.05) is 36.4 Å². The van der Waals surface area contributed by atoms with Crippen molar-refractivity contribution in [3.8, 4) is 5.82 Å². The summed E-state index contributed by atoms with van der Waals surface area (Å²) in [6.45, 7) is 0. The van der Waals surface area contributed by atoms with Gasteiger partial charge in [-0.05, 0) is 42.5 Å². The van der Waals surface area contributed by atoms with Crippen molar-refractivity contribution in [2.75, 3.05) is 16.4 Å². The van der Waals surface area contributed by atoms with Gasteiger partial charge in [-0.25, -0.2) is 14.6 Å². The molecule has 6 N–H and O–H groups in total. The van der Waals surface area contributed by atoms with Crippen molar-refractivity contribution in [1.29, 1.82) is 5.41 Å². The largest absolute Gasteiger partial charge is 0.398 e. The number of fused-ring (bicyclic) bond motifs is 1. The molecule has 0 spiro atoms. The van der Waals surface area contributed by atoms with Crippen LogP contribution in [0.1, 0.15) is 16.1 Å². The predicted octanol–water partition coefficient (Wildman–Crippen LogP) is 3.72. The van der Waals surface area contributed by atoms with Crippen LogP contribution in [0.3, 0.4) is 0 Å². The summed E-state index contributed by atoms with van der Waals surface area (Å²) in [7, 11) is 0. The predicted molar refractivity (Wildman–Crippen MR) is 127 cm³/mol. The van der Waals surface area contributed by atoms with E-state index in [0.29, 0.717) is 28.7 Å². The van der Waals surface area contributed by atoms with E-state index in [1.165, 1.54) is 18.7 Å². The Morgan fingerprint density at radius 3 is 2.82 bits per heavy atom. The van der Waals surface area contributed by atoms with Gasteiger partial charge in [0.05, 0.1) is 11.8 Å². The number of nitrogens with two attached hydrogens (primary N) is 1. The topological polar surface area (TPSA) is 150 Å². The third-order valence-corrected chi connectivity index (χ3v) is 5.02. The Morgan fingerprint density at radius 2 is 2.00 bits per heavy atom. The number of imidazole rings is 1. The number of aromatic amines is 1. The van der Waals surface area contributed by atoms with Crippen LogP contribution in [0.15, 0.2) is 73.2 Å². The zero-order chi connectivity index (χ0) is 22.8. The van der Waals surface area contributed by atoms with Crippen LogP contribution in [0.25, 0.3) is 16.7 Å². The van der Waals surface area contributed by atoms with E-state index in [4.69, 9.17) is 16.2 Å². The average Bonchev–Trinajstić information content (AvgIpc) is 3.50. The molecule has 0 aliphatic rings. The smallest absolute Gasteiger partial charge is 0.276 e. The van der Waals surface area contributed by atoms with E-state index in [9.17, 15) is 4.79 Å². The molecule has 0 saturated carbocycles. The number of nitrogen functional groups attached to an aromatic ring is 1. The molecule has 0 radical (unpaired) electrons. The molecule has 33 heavy (non-hydrogen) atoms. The number of hydrogen-bond acceptors (Lipinski definition) is 7. The molecule has 0 saturated heterocycles. The number of rotatable bonds is 6. The highest BCUT2D eigenvalue weighted by molar-refractivity contribution is 6.02. The lowest BCUT2D eigenvalue weighted by molar-refractivity contribution is 0.102. The molecule has 5 aromatic rings. The van der Waals surface area contributed by atoms with Crippen molar-refractivity contribution in [3.63, 3.8) is 0 Å². The molecule has 3 aromatic heterocycles. The number of hydrogen-bond donors (Lipinski definition) is 5. The second-order valence-corrected chi connectivity index (χ2v) is 7.18. The van der Waals surface area contributed by atoms with Crippen LogP contribution in [-0.4, -0.2) is 36.9 Å². The van der Waals surface area contributed by atoms with E-state index < -0.39 is 0 Å². The van der Waals surface area contributed by atoms with Crippen molar-refractivity contribution < 1.29 is 4.79 Å². The number of carbonyl (C=O) groups is 1. The molecule has 0 aliphatic carbocycles.